The number of fused-ring (bicyclic) bond motifs is 1. The standard InChI is InChI=1S/C30H36N6O5S/c1-18-16-20(6-7-21(18)27(38)35-14-15-42-19(35)2)33-25-24-22(9-13-32-26(24)37)36(34-25)30(11-12-31)10-8-23(40-17-30)28(39)41-29(3,4)5/h6-7,9,13,16,19,23H,8,10-11,14-15,17H2,1-5H3,(H,32,37)(H,33,34)/t19-,23+,30+/m1/s1. The Labute approximate surface area is 248 Å². The Morgan fingerprint density at radius 1 is 1.33 bits per heavy atom. The van der Waals surface area contributed by atoms with E-state index in [4.69, 9.17) is 14.6 Å². The first-order valence-electron chi connectivity index (χ1n) is 14.0. The lowest BCUT2D eigenvalue weighted by molar-refractivity contribution is -0.176. The van der Waals surface area contributed by atoms with Crippen LogP contribution in [0, 0.1) is 18.3 Å². The number of nitrogens with zero attached hydrogens (tertiary/aromatic N) is 4. The molecule has 2 aromatic heterocycles. The highest BCUT2D eigenvalue weighted by molar-refractivity contribution is 8.00. The summed E-state index contributed by atoms with van der Waals surface area (Å²) >= 11 is 1.76. The molecule has 2 fully saturated rings. The molecular formula is C30H36N6O5S. The fourth-order valence-corrected chi connectivity index (χ4v) is 6.58. The number of hydrogen-bond donors (Lipinski definition) is 2. The smallest absolute Gasteiger partial charge is 0.335 e. The quantitative estimate of drug-likeness (QED) is 0.397. The molecule has 2 saturated heterocycles. The van der Waals surface area contributed by atoms with Gasteiger partial charge in [0, 0.05) is 29.7 Å². The molecule has 12 heteroatoms. The summed E-state index contributed by atoms with van der Waals surface area (Å²) in [6, 6.07) is 9.45. The molecule has 0 unspecified atom stereocenters. The number of pyridine rings is 1. The second kappa shape index (κ2) is 11.5. The van der Waals surface area contributed by atoms with Crippen molar-refractivity contribution in [1.29, 1.82) is 5.26 Å². The van der Waals surface area contributed by atoms with Gasteiger partial charge in [-0.15, -0.1) is 11.8 Å². The maximum Gasteiger partial charge on any atom is 0.335 e. The maximum absolute atomic E-state index is 13.1. The van der Waals surface area contributed by atoms with E-state index in [9.17, 15) is 19.6 Å². The molecule has 5 rings (SSSR count). The van der Waals surface area contributed by atoms with Crippen molar-refractivity contribution in [2.45, 2.75) is 76.5 Å². The van der Waals surface area contributed by atoms with Crippen LogP contribution in [0.15, 0.2) is 35.3 Å². The Morgan fingerprint density at radius 3 is 2.74 bits per heavy atom. The Balaban J connectivity index is 1.45. The van der Waals surface area contributed by atoms with Gasteiger partial charge in [0.2, 0.25) is 0 Å². The minimum atomic E-state index is -0.893. The number of nitriles is 1. The number of aromatic amines is 1. The van der Waals surface area contributed by atoms with Gasteiger partial charge in [0.25, 0.3) is 11.5 Å². The van der Waals surface area contributed by atoms with Crippen molar-refractivity contribution < 1.29 is 19.1 Å². The normalized spacial score (nSPS) is 22.6. The molecule has 1 aromatic carbocycles. The molecule has 0 aliphatic carbocycles. The molecule has 3 aromatic rings. The zero-order chi connectivity index (χ0) is 30.2. The summed E-state index contributed by atoms with van der Waals surface area (Å²) in [5, 5.41) is 18.3. The van der Waals surface area contributed by atoms with E-state index < -0.39 is 23.2 Å². The number of aromatic nitrogens is 3. The Kier molecular flexibility index (Phi) is 8.09. The van der Waals surface area contributed by atoms with Gasteiger partial charge < -0.3 is 24.7 Å². The van der Waals surface area contributed by atoms with E-state index in [1.165, 1.54) is 0 Å². The number of benzene rings is 1. The van der Waals surface area contributed by atoms with E-state index in [0.29, 0.717) is 40.8 Å². The van der Waals surface area contributed by atoms with Gasteiger partial charge in [-0.2, -0.15) is 10.4 Å². The average molecular weight is 593 g/mol. The number of hydrogen-bond acceptors (Lipinski definition) is 9. The molecule has 0 saturated carbocycles. The van der Waals surface area contributed by atoms with Crippen LogP contribution in [0.5, 0.6) is 0 Å². The molecule has 42 heavy (non-hydrogen) atoms. The van der Waals surface area contributed by atoms with E-state index in [1.807, 2.05) is 24.8 Å². The molecule has 0 bridgehead atoms. The van der Waals surface area contributed by atoms with E-state index in [1.54, 1.807) is 61.6 Å². The minimum absolute atomic E-state index is 0.00292. The number of amides is 1. The summed E-state index contributed by atoms with van der Waals surface area (Å²) in [7, 11) is 0. The zero-order valence-electron chi connectivity index (χ0n) is 24.5. The number of ether oxygens (including phenoxy) is 2. The molecule has 1 amide bonds. The first-order valence-corrected chi connectivity index (χ1v) is 15.1. The molecule has 3 atom stereocenters. The van der Waals surface area contributed by atoms with Crippen LogP contribution in [-0.2, 0) is 19.8 Å². The van der Waals surface area contributed by atoms with E-state index in [-0.39, 0.29) is 29.9 Å². The van der Waals surface area contributed by atoms with Gasteiger partial charge >= 0.3 is 5.97 Å². The summed E-state index contributed by atoms with van der Waals surface area (Å²) in [5.41, 5.74) is 0.784. The highest BCUT2D eigenvalue weighted by atomic mass is 32.2. The monoisotopic (exact) mass is 592 g/mol. The Bertz CT molecular complexity index is 1610. The Morgan fingerprint density at radius 2 is 2.12 bits per heavy atom. The minimum Gasteiger partial charge on any atom is -0.458 e. The number of rotatable bonds is 6. The number of esters is 1. The Hall–Kier alpha value is -3.82. The summed E-state index contributed by atoms with van der Waals surface area (Å²) in [5.74, 6) is 0.813. The third-order valence-electron chi connectivity index (χ3n) is 7.67. The fraction of sp³-hybridized carbons (Fsp3) is 0.500. The van der Waals surface area contributed by atoms with Crippen molar-refractivity contribution in [3.05, 3.63) is 51.9 Å². The number of anilines is 2. The summed E-state index contributed by atoms with van der Waals surface area (Å²) in [4.78, 5) is 43.4. The molecule has 0 radical (unpaired) electrons. The topological polar surface area (TPSA) is 142 Å². The molecular weight excluding hydrogens is 556 g/mol. The highest BCUT2D eigenvalue weighted by Crippen LogP contribution is 2.38. The fourth-order valence-electron chi connectivity index (χ4n) is 5.55. The van der Waals surface area contributed by atoms with Gasteiger partial charge in [0.05, 0.1) is 35.5 Å². The summed E-state index contributed by atoms with van der Waals surface area (Å²) in [6.07, 6.45) is 1.64. The number of aryl methyl sites for hydroxylation is 1. The predicted octanol–water partition coefficient (Wildman–Crippen LogP) is 4.44. The van der Waals surface area contributed by atoms with Crippen LogP contribution >= 0.6 is 11.8 Å². The third kappa shape index (κ3) is 5.76. The molecule has 2 aliphatic heterocycles. The number of carbonyl (C=O) groups excluding carboxylic acids is 2. The van der Waals surface area contributed by atoms with Gasteiger partial charge in [-0.3, -0.25) is 14.3 Å². The molecule has 2 aliphatic rings. The van der Waals surface area contributed by atoms with E-state index >= 15 is 0 Å². The first kappa shape index (κ1) is 29.7. The van der Waals surface area contributed by atoms with Crippen LogP contribution in [0.1, 0.15) is 62.9 Å². The second-order valence-electron chi connectivity index (χ2n) is 11.9. The molecule has 222 valence electrons. The number of thioether (sulfide) groups is 1. The van der Waals surface area contributed by atoms with Crippen molar-refractivity contribution in [2.24, 2.45) is 0 Å². The van der Waals surface area contributed by atoms with Gasteiger partial charge in [-0.1, -0.05) is 0 Å². The lowest BCUT2D eigenvalue weighted by atomic mass is 9.87. The van der Waals surface area contributed by atoms with Crippen LogP contribution in [0.25, 0.3) is 10.9 Å². The molecule has 0 spiro atoms. The maximum atomic E-state index is 13.1. The zero-order valence-corrected chi connectivity index (χ0v) is 25.3. The van der Waals surface area contributed by atoms with Crippen LogP contribution in [0.2, 0.25) is 0 Å². The van der Waals surface area contributed by atoms with Crippen molar-refractivity contribution in [3.8, 4) is 6.07 Å². The summed E-state index contributed by atoms with van der Waals surface area (Å²) < 4.78 is 13.2. The highest BCUT2D eigenvalue weighted by Gasteiger charge is 2.43. The van der Waals surface area contributed by atoms with Crippen LogP contribution < -0.4 is 10.9 Å². The molecule has 2 N–H and O–H groups in total. The van der Waals surface area contributed by atoms with Gasteiger partial charge in [0.15, 0.2) is 11.9 Å². The third-order valence-corrected chi connectivity index (χ3v) is 8.82. The van der Waals surface area contributed by atoms with Crippen LogP contribution in [0.4, 0.5) is 11.5 Å². The largest absolute Gasteiger partial charge is 0.458 e. The first-order chi connectivity index (χ1) is 19.9. The number of H-pyrrole nitrogens is 1. The van der Waals surface area contributed by atoms with Crippen molar-refractivity contribution in [1.82, 2.24) is 19.7 Å². The van der Waals surface area contributed by atoms with Gasteiger partial charge in [0.1, 0.15) is 11.0 Å². The number of nitrogens with one attached hydrogen (secondary N) is 2. The average Bonchev–Trinajstić information content (AvgIpc) is 3.52. The van der Waals surface area contributed by atoms with Crippen LogP contribution in [0.3, 0.4) is 0 Å². The lowest BCUT2D eigenvalue weighted by Gasteiger charge is -2.39. The second-order valence-corrected chi connectivity index (χ2v) is 13.3. The van der Waals surface area contributed by atoms with E-state index in [0.717, 1.165) is 17.9 Å². The SMILES string of the molecule is Cc1cc(Nc2nn([C@]3(CC#N)CC[C@@H](C(=O)OC(C)(C)C)OC3)c3cc[nH]c(=O)c23)ccc1C(=O)N1CCS[C@@H]1C. The predicted molar refractivity (Wildman–Crippen MR) is 161 cm³/mol. The van der Waals surface area contributed by atoms with E-state index in [2.05, 4.69) is 16.4 Å². The summed E-state index contributed by atoms with van der Waals surface area (Å²) in [6.45, 7) is 10.1. The number of carbonyl (C=O) groups is 2. The van der Waals surface area contributed by atoms with Gasteiger partial charge in [-0.25, -0.2) is 4.79 Å². The van der Waals surface area contributed by atoms with Crippen molar-refractivity contribution in [3.63, 3.8) is 0 Å². The van der Waals surface area contributed by atoms with Crippen LogP contribution in [-0.4, -0.2) is 67.5 Å². The van der Waals surface area contributed by atoms with Crippen molar-refractivity contribution in [2.75, 3.05) is 24.2 Å². The van der Waals surface area contributed by atoms with Gasteiger partial charge in [-0.05, 0) is 77.3 Å². The lowest BCUT2D eigenvalue weighted by Crippen LogP contribution is -2.47. The molecule has 4 heterocycles. The van der Waals surface area contributed by atoms with Crippen molar-refractivity contribution >= 4 is 46.0 Å². The molecule has 11 nitrogen and oxygen atoms in total.